The van der Waals surface area contributed by atoms with Gasteiger partial charge in [-0.15, -0.1) is 0 Å². The largest absolute Gasteiger partial charge is 0.460 e. The molecule has 2 N–H and O–H groups in total. The van der Waals surface area contributed by atoms with E-state index in [1.807, 2.05) is 0 Å². The molecule has 24 heavy (non-hydrogen) atoms. The van der Waals surface area contributed by atoms with Crippen molar-refractivity contribution in [1.29, 1.82) is 0 Å². The van der Waals surface area contributed by atoms with Gasteiger partial charge in [0.05, 0.1) is 24.0 Å². The van der Waals surface area contributed by atoms with Crippen LogP contribution in [0.5, 0.6) is 0 Å². The molecule has 11 atom stereocenters. The molecular formula is C17H19NO6. The Kier molecular flexibility index (Phi) is 2.34. The monoisotopic (exact) mass is 333 g/mol. The van der Waals surface area contributed by atoms with Crippen LogP contribution in [0.3, 0.4) is 0 Å². The number of carbonyl (C=O) groups is 3. The van der Waals surface area contributed by atoms with Gasteiger partial charge in [0.1, 0.15) is 12.2 Å². The van der Waals surface area contributed by atoms with Crippen LogP contribution in [0.4, 0.5) is 0 Å². The average Bonchev–Trinajstić information content (AvgIpc) is 3.30. The Balaban J connectivity index is 1.25. The number of rotatable bonds is 2. The van der Waals surface area contributed by atoms with Crippen molar-refractivity contribution in [2.45, 2.75) is 43.6 Å². The predicted molar refractivity (Wildman–Crippen MR) is 76.0 cm³/mol. The van der Waals surface area contributed by atoms with E-state index in [4.69, 9.17) is 9.47 Å². The summed E-state index contributed by atoms with van der Waals surface area (Å²) in [6, 6.07) is -0.0722. The van der Waals surface area contributed by atoms with Gasteiger partial charge in [0.2, 0.25) is 5.91 Å². The fraction of sp³-hybridized carbons (Fsp3) is 0.824. The Hall–Kier alpha value is -1.63. The number of hydrogen-bond acceptors (Lipinski definition) is 6. The molecule has 4 bridgehead atoms. The van der Waals surface area contributed by atoms with Gasteiger partial charge in [-0.1, -0.05) is 0 Å². The highest BCUT2D eigenvalue weighted by molar-refractivity contribution is 5.87. The van der Waals surface area contributed by atoms with Crippen LogP contribution in [0.25, 0.3) is 0 Å². The first-order valence-corrected chi connectivity index (χ1v) is 8.94. The molecule has 1 amide bonds. The van der Waals surface area contributed by atoms with Crippen LogP contribution in [0.15, 0.2) is 0 Å². The van der Waals surface area contributed by atoms with E-state index in [1.54, 1.807) is 0 Å². The molecule has 6 rings (SSSR count). The summed E-state index contributed by atoms with van der Waals surface area (Å²) in [7, 11) is 0. The van der Waals surface area contributed by atoms with Crippen molar-refractivity contribution in [3.63, 3.8) is 0 Å². The van der Waals surface area contributed by atoms with Crippen LogP contribution in [-0.4, -0.2) is 47.3 Å². The molecule has 0 aromatic heterocycles. The summed E-state index contributed by atoms with van der Waals surface area (Å²) in [5, 5.41) is 13.3. The van der Waals surface area contributed by atoms with Gasteiger partial charge in [-0.25, -0.2) is 0 Å². The quantitative estimate of drug-likeness (QED) is 0.643. The first-order chi connectivity index (χ1) is 11.5. The number of esters is 2. The third-order valence-electron chi connectivity index (χ3n) is 7.67. The maximum absolute atomic E-state index is 12.8. The van der Waals surface area contributed by atoms with Crippen LogP contribution >= 0.6 is 0 Å². The fourth-order valence-corrected chi connectivity index (χ4v) is 6.80. The maximum atomic E-state index is 12.8. The third kappa shape index (κ3) is 1.38. The zero-order chi connectivity index (χ0) is 16.3. The summed E-state index contributed by atoms with van der Waals surface area (Å²) < 4.78 is 11.1. The summed E-state index contributed by atoms with van der Waals surface area (Å²) in [6.45, 7) is 0. The van der Waals surface area contributed by atoms with E-state index in [9.17, 15) is 19.5 Å². The van der Waals surface area contributed by atoms with Gasteiger partial charge in [-0.3, -0.25) is 14.4 Å². The molecule has 7 heteroatoms. The molecule has 2 heterocycles. The van der Waals surface area contributed by atoms with Crippen LogP contribution in [0.2, 0.25) is 0 Å². The highest BCUT2D eigenvalue weighted by Gasteiger charge is 2.69. The molecule has 0 aromatic rings. The molecule has 4 aliphatic carbocycles. The van der Waals surface area contributed by atoms with Crippen molar-refractivity contribution in [2.75, 3.05) is 0 Å². The molecule has 7 nitrogen and oxygen atoms in total. The van der Waals surface area contributed by atoms with E-state index in [2.05, 4.69) is 5.32 Å². The van der Waals surface area contributed by atoms with Crippen LogP contribution < -0.4 is 5.32 Å². The van der Waals surface area contributed by atoms with Crippen molar-refractivity contribution in [2.24, 2.45) is 41.4 Å². The number of amides is 1. The van der Waals surface area contributed by atoms with E-state index in [1.165, 1.54) is 0 Å². The number of nitrogens with one attached hydrogen (secondary N) is 1. The van der Waals surface area contributed by atoms with Crippen molar-refractivity contribution in [3.8, 4) is 0 Å². The number of fused-ring (bicyclic) bond motifs is 2. The lowest BCUT2D eigenvalue weighted by Crippen LogP contribution is -2.46. The Morgan fingerprint density at radius 1 is 1.17 bits per heavy atom. The third-order valence-corrected chi connectivity index (χ3v) is 7.67. The molecule has 128 valence electrons. The number of aliphatic hydroxyl groups is 1. The molecular weight excluding hydrogens is 314 g/mol. The zero-order valence-corrected chi connectivity index (χ0v) is 13.0. The summed E-state index contributed by atoms with van der Waals surface area (Å²) in [4.78, 5) is 36.9. The average molecular weight is 333 g/mol. The zero-order valence-electron chi connectivity index (χ0n) is 13.0. The minimum atomic E-state index is -0.758. The van der Waals surface area contributed by atoms with E-state index in [-0.39, 0.29) is 59.6 Å². The van der Waals surface area contributed by atoms with Crippen molar-refractivity contribution in [3.05, 3.63) is 0 Å². The van der Waals surface area contributed by atoms with E-state index in [0.29, 0.717) is 6.42 Å². The second-order valence-electron chi connectivity index (χ2n) is 8.44. The number of hydrogen-bond donors (Lipinski definition) is 2. The Labute approximate surface area is 138 Å². The van der Waals surface area contributed by atoms with Gasteiger partial charge in [-0.05, 0) is 31.1 Å². The number of aliphatic hydroxyl groups excluding tert-OH is 1. The summed E-state index contributed by atoms with van der Waals surface area (Å²) in [5.41, 5.74) is 0. The lowest BCUT2D eigenvalue weighted by molar-refractivity contribution is -0.164. The van der Waals surface area contributed by atoms with Crippen molar-refractivity contribution < 1.29 is 29.0 Å². The van der Waals surface area contributed by atoms with Crippen LogP contribution in [-0.2, 0) is 23.9 Å². The van der Waals surface area contributed by atoms with Crippen molar-refractivity contribution in [1.82, 2.24) is 5.32 Å². The first-order valence-electron chi connectivity index (χ1n) is 8.94. The van der Waals surface area contributed by atoms with Gasteiger partial charge in [0.15, 0.2) is 0 Å². The van der Waals surface area contributed by atoms with Crippen molar-refractivity contribution >= 4 is 17.8 Å². The van der Waals surface area contributed by atoms with Crippen LogP contribution in [0, 0.1) is 41.4 Å². The lowest BCUT2D eigenvalue weighted by Gasteiger charge is -2.31. The second kappa shape index (κ2) is 4.12. The normalized spacial score (nSPS) is 58.3. The van der Waals surface area contributed by atoms with Gasteiger partial charge in [-0.2, -0.15) is 0 Å². The molecule has 4 saturated carbocycles. The lowest BCUT2D eigenvalue weighted by atomic mass is 9.78. The minimum absolute atomic E-state index is 0.0503. The van der Waals surface area contributed by atoms with Gasteiger partial charge in [0, 0.05) is 17.8 Å². The summed E-state index contributed by atoms with van der Waals surface area (Å²) in [5.74, 6) is -1.41. The van der Waals surface area contributed by atoms with E-state index in [0.717, 1.165) is 12.8 Å². The highest BCUT2D eigenvalue weighted by atomic mass is 16.6. The van der Waals surface area contributed by atoms with Crippen LogP contribution in [0.1, 0.15) is 19.3 Å². The standard InChI is InChI=1S/C17H19NO6/c19-12-7-3-8-10(17(22)24-14(8)12)9(7)16(21)23-13-4-1-5-6(2-4)15(20)18-11(5)13/h4-14,19H,1-3H2,(H,18,20)/t4?,5?,6?,7?,8?,9?,10-,11?,12?,13?,14?/m1/s1. The molecule has 10 unspecified atom stereocenters. The van der Waals surface area contributed by atoms with Gasteiger partial charge < -0.3 is 19.9 Å². The fourth-order valence-electron chi connectivity index (χ4n) is 6.80. The summed E-state index contributed by atoms with van der Waals surface area (Å²) in [6.07, 6.45) is 0.895. The molecule has 6 fully saturated rings. The highest BCUT2D eigenvalue weighted by Crippen LogP contribution is 2.59. The van der Waals surface area contributed by atoms with E-state index >= 15 is 0 Å². The predicted octanol–water partition coefficient (Wildman–Crippen LogP) is -0.779. The number of carbonyl (C=O) groups excluding carboxylic acids is 3. The van der Waals surface area contributed by atoms with E-state index < -0.39 is 24.0 Å². The minimum Gasteiger partial charge on any atom is -0.460 e. The Morgan fingerprint density at radius 2 is 2.00 bits per heavy atom. The molecule has 2 saturated heterocycles. The Morgan fingerprint density at radius 3 is 2.83 bits per heavy atom. The number of ether oxygens (including phenoxy) is 2. The molecule has 0 spiro atoms. The smallest absolute Gasteiger partial charge is 0.310 e. The molecule has 2 aliphatic heterocycles. The van der Waals surface area contributed by atoms with Gasteiger partial charge in [0.25, 0.3) is 0 Å². The second-order valence-corrected chi connectivity index (χ2v) is 8.44. The van der Waals surface area contributed by atoms with Gasteiger partial charge >= 0.3 is 11.9 Å². The first kappa shape index (κ1) is 13.6. The topological polar surface area (TPSA) is 102 Å². The molecule has 0 aromatic carbocycles. The molecule has 6 aliphatic rings. The molecule has 0 radical (unpaired) electrons. The maximum Gasteiger partial charge on any atom is 0.310 e. The summed E-state index contributed by atoms with van der Waals surface area (Å²) >= 11 is 0. The SMILES string of the molecule is O=C1NC2C3CC(CC13)C2OC(=O)C1C2CC3C(OC(=O)[C@H]31)C2O. The Bertz CT molecular complexity index is 678.